The number of rotatable bonds is 8. The van der Waals surface area contributed by atoms with E-state index in [1.165, 1.54) is 23.8 Å². The molecule has 7 nitrogen and oxygen atoms in total. The first kappa shape index (κ1) is 24.7. The van der Waals surface area contributed by atoms with Crippen molar-refractivity contribution in [1.82, 2.24) is 4.72 Å². The predicted octanol–water partition coefficient (Wildman–Crippen LogP) is 4.92. The van der Waals surface area contributed by atoms with Crippen LogP contribution in [-0.4, -0.2) is 27.2 Å². The van der Waals surface area contributed by atoms with Crippen molar-refractivity contribution < 1.29 is 27.1 Å². The van der Waals surface area contributed by atoms with E-state index in [-0.39, 0.29) is 17.3 Å². The normalized spacial score (nSPS) is 17.7. The fourth-order valence-corrected chi connectivity index (χ4v) is 4.80. The third kappa shape index (κ3) is 5.45. The van der Waals surface area contributed by atoms with E-state index in [1.807, 2.05) is 29.0 Å². The van der Waals surface area contributed by atoms with Crippen molar-refractivity contribution in [2.75, 3.05) is 7.11 Å². The molecule has 1 amide bonds. The van der Waals surface area contributed by atoms with Gasteiger partial charge in [0.1, 0.15) is 5.76 Å². The van der Waals surface area contributed by atoms with Gasteiger partial charge in [-0.05, 0) is 54.8 Å². The lowest BCUT2D eigenvalue weighted by Crippen LogP contribution is -2.33. The van der Waals surface area contributed by atoms with E-state index in [4.69, 9.17) is 13.9 Å². The van der Waals surface area contributed by atoms with Gasteiger partial charge >= 0.3 is 5.91 Å². The first-order chi connectivity index (χ1) is 16.7. The number of furan rings is 1. The molecule has 1 unspecified atom stereocenters. The number of hydrogen-bond donors (Lipinski definition) is 1. The maximum atomic E-state index is 12.6. The van der Waals surface area contributed by atoms with Crippen LogP contribution in [0, 0.1) is 13.8 Å². The summed E-state index contributed by atoms with van der Waals surface area (Å²) in [6.45, 7) is 3.87. The third-order valence-electron chi connectivity index (χ3n) is 5.92. The summed E-state index contributed by atoms with van der Waals surface area (Å²) in [6.07, 6.45) is 6.43. The number of methoxy groups -OCH3 is 1. The Balaban J connectivity index is 1.43. The monoisotopic (exact) mass is 493 g/mol. The minimum absolute atomic E-state index is 0.00979. The molecule has 0 aliphatic heterocycles. The average molecular weight is 494 g/mol. The molecule has 0 radical (unpaired) electrons. The lowest BCUT2D eigenvalue weighted by atomic mass is 9.93. The second kappa shape index (κ2) is 10.0. The first-order valence-corrected chi connectivity index (χ1v) is 12.6. The minimum atomic E-state index is -4.01. The Morgan fingerprint density at radius 1 is 1.09 bits per heavy atom. The maximum Gasteiger partial charge on any atom is 0.300 e. The summed E-state index contributed by atoms with van der Waals surface area (Å²) in [5, 5.41) is 0. The molecule has 1 aliphatic carbocycles. The van der Waals surface area contributed by atoms with Gasteiger partial charge in [0.15, 0.2) is 11.5 Å². The van der Waals surface area contributed by atoms with Gasteiger partial charge in [0, 0.05) is 19.1 Å². The Labute approximate surface area is 205 Å². The molecule has 3 aromatic rings. The molecule has 2 aromatic carbocycles. The number of aryl methyl sites for hydroxylation is 2. The highest BCUT2D eigenvalue weighted by atomic mass is 32.2. The largest absolute Gasteiger partial charge is 0.456 e. The Bertz CT molecular complexity index is 1390. The van der Waals surface area contributed by atoms with Crippen molar-refractivity contribution in [3.05, 3.63) is 107 Å². The summed E-state index contributed by atoms with van der Waals surface area (Å²) in [7, 11) is -2.44. The molecule has 0 saturated carbocycles. The van der Waals surface area contributed by atoms with Gasteiger partial charge < -0.3 is 13.9 Å². The van der Waals surface area contributed by atoms with E-state index in [0.717, 1.165) is 11.1 Å². The molecule has 0 fully saturated rings. The SMILES string of the molecule is COC1(OCc2cc(C(=O)NS(=O)(=O)c3ccccc3)oc2C)C=CC(c2ccccc2C)=CC1. The van der Waals surface area contributed by atoms with Crippen LogP contribution in [0.1, 0.15) is 39.4 Å². The van der Waals surface area contributed by atoms with E-state index in [1.54, 1.807) is 32.2 Å². The molecule has 0 saturated heterocycles. The number of carbonyl (C=O) groups is 1. The van der Waals surface area contributed by atoms with Crippen LogP contribution in [0.3, 0.4) is 0 Å². The molecule has 1 aromatic heterocycles. The number of sulfonamides is 1. The van der Waals surface area contributed by atoms with Gasteiger partial charge in [-0.15, -0.1) is 0 Å². The molecule has 8 heteroatoms. The number of hydrogen-bond acceptors (Lipinski definition) is 6. The predicted molar refractivity (Wildman–Crippen MR) is 132 cm³/mol. The quantitative estimate of drug-likeness (QED) is 0.448. The van der Waals surface area contributed by atoms with E-state index in [2.05, 4.69) is 25.1 Å². The van der Waals surface area contributed by atoms with Crippen LogP contribution in [0.2, 0.25) is 0 Å². The van der Waals surface area contributed by atoms with Crippen LogP contribution in [0.15, 0.2) is 88.2 Å². The Kier molecular flexibility index (Phi) is 7.07. The van der Waals surface area contributed by atoms with Gasteiger partial charge in [0.25, 0.3) is 10.0 Å². The Hall–Kier alpha value is -3.46. The lowest BCUT2D eigenvalue weighted by Gasteiger charge is -2.31. The molecule has 1 heterocycles. The van der Waals surface area contributed by atoms with Crippen molar-refractivity contribution in [3.63, 3.8) is 0 Å². The number of carbonyl (C=O) groups excluding carboxylic acids is 1. The zero-order chi connectivity index (χ0) is 25.1. The number of ether oxygens (including phenoxy) is 2. The van der Waals surface area contributed by atoms with E-state index >= 15 is 0 Å². The standard InChI is InChI=1S/C27H27NO6S/c1-19-9-7-8-12-24(19)21-13-15-27(32-3,16-14-21)33-18-22-17-25(34-20(22)2)26(29)28-35(30,31)23-10-5-4-6-11-23/h4-15,17H,16,18H2,1-3H3,(H,28,29). The van der Waals surface area contributed by atoms with E-state index in [0.29, 0.717) is 17.7 Å². The van der Waals surface area contributed by atoms with Crippen LogP contribution in [0.4, 0.5) is 0 Å². The van der Waals surface area contributed by atoms with Crippen molar-refractivity contribution in [3.8, 4) is 0 Å². The summed E-state index contributed by atoms with van der Waals surface area (Å²) in [6, 6.07) is 17.3. The van der Waals surface area contributed by atoms with Crippen LogP contribution < -0.4 is 4.72 Å². The smallest absolute Gasteiger partial charge is 0.300 e. The van der Waals surface area contributed by atoms with Crippen LogP contribution in [0.25, 0.3) is 5.57 Å². The first-order valence-electron chi connectivity index (χ1n) is 11.1. The van der Waals surface area contributed by atoms with Crippen molar-refractivity contribution >= 4 is 21.5 Å². The summed E-state index contributed by atoms with van der Waals surface area (Å²) in [5.74, 6) is -1.48. The molecule has 0 spiro atoms. The van der Waals surface area contributed by atoms with Gasteiger partial charge in [-0.1, -0.05) is 54.6 Å². The van der Waals surface area contributed by atoms with E-state index < -0.39 is 21.7 Å². The van der Waals surface area contributed by atoms with Crippen molar-refractivity contribution in [1.29, 1.82) is 0 Å². The van der Waals surface area contributed by atoms with Gasteiger partial charge in [-0.2, -0.15) is 0 Å². The zero-order valence-electron chi connectivity index (χ0n) is 19.8. The molecule has 4 rings (SSSR count). The second-order valence-corrected chi connectivity index (χ2v) is 9.94. The van der Waals surface area contributed by atoms with Crippen molar-refractivity contribution in [2.24, 2.45) is 0 Å². The van der Waals surface area contributed by atoms with Gasteiger partial charge in [0.05, 0.1) is 11.5 Å². The Morgan fingerprint density at radius 3 is 2.46 bits per heavy atom. The topological polar surface area (TPSA) is 94.8 Å². The highest BCUT2D eigenvalue weighted by Gasteiger charge is 2.30. The summed E-state index contributed by atoms with van der Waals surface area (Å²) in [5.41, 5.74) is 4.05. The number of amides is 1. The summed E-state index contributed by atoms with van der Waals surface area (Å²) >= 11 is 0. The van der Waals surface area contributed by atoms with Crippen molar-refractivity contribution in [2.45, 2.75) is 37.6 Å². The summed E-state index contributed by atoms with van der Waals surface area (Å²) < 4.78 is 44.2. The van der Waals surface area contributed by atoms with Gasteiger partial charge in [-0.3, -0.25) is 4.79 Å². The van der Waals surface area contributed by atoms with Gasteiger partial charge in [-0.25, -0.2) is 13.1 Å². The molecule has 35 heavy (non-hydrogen) atoms. The number of benzene rings is 2. The molecule has 1 atom stereocenters. The van der Waals surface area contributed by atoms with Crippen LogP contribution in [0.5, 0.6) is 0 Å². The number of nitrogens with one attached hydrogen (secondary N) is 1. The molecule has 0 bridgehead atoms. The zero-order valence-corrected chi connectivity index (χ0v) is 20.6. The number of allylic oxidation sites excluding steroid dienone is 2. The molecule has 1 aliphatic rings. The minimum Gasteiger partial charge on any atom is -0.456 e. The fourth-order valence-electron chi connectivity index (χ4n) is 3.82. The second-order valence-electron chi connectivity index (χ2n) is 8.26. The van der Waals surface area contributed by atoms with E-state index in [9.17, 15) is 13.2 Å². The Morgan fingerprint density at radius 2 is 1.80 bits per heavy atom. The maximum absolute atomic E-state index is 12.6. The fraction of sp³-hybridized carbons (Fsp3) is 0.222. The molecule has 182 valence electrons. The average Bonchev–Trinajstić information content (AvgIpc) is 3.24. The summed E-state index contributed by atoms with van der Waals surface area (Å²) in [4.78, 5) is 12.5. The van der Waals surface area contributed by atoms with Crippen LogP contribution in [-0.2, 0) is 26.1 Å². The molecular formula is C27H27NO6S. The molecular weight excluding hydrogens is 466 g/mol. The highest BCUT2D eigenvalue weighted by molar-refractivity contribution is 7.90. The lowest BCUT2D eigenvalue weighted by molar-refractivity contribution is -0.193. The van der Waals surface area contributed by atoms with Gasteiger partial charge in [0.2, 0.25) is 0 Å². The molecule has 1 N–H and O–H groups in total. The van der Waals surface area contributed by atoms with Crippen LogP contribution >= 0.6 is 0 Å². The third-order valence-corrected chi connectivity index (χ3v) is 7.27. The highest BCUT2D eigenvalue weighted by Crippen LogP contribution is 2.32.